The Morgan fingerprint density at radius 3 is 2.55 bits per heavy atom. The second-order valence-electron chi connectivity index (χ2n) is 3.37. The summed E-state index contributed by atoms with van der Waals surface area (Å²) in [6, 6.07) is 0. The highest BCUT2D eigenvalue weighted by molar-refractivity contribution is 6.07. The maximum atomic E-state index is 11.9. The van der Waals surface area contributed by atoms with E-state index in [-0.39, 0.29) is 22.0 Å². The van der Waals surface area contributed by atoms with Gasteiger partial charge in [-0.1, -0.05) is 10.3 Å². The molecule has 1 rings (SSSR count). The largest absolute Gasteiger partial charge is 0.493 e. The third-order valence-electron chi connectivity index (χ3n) is 1.95. The molecule has 0 spiro atoms. The van der Waals surface area contributed by atoms with Crippen LogP contribution in [0.15, 0.2) is 14.9 Å². The highest BCUT2D eigenvalue weighted by Gasteiger charge is 2.42. The summed E-state index contributed by atoms with van der Waals surface area (Å²) >= 11 is 0. The van der Waals surface area contributed by atoms with Crippen LogP contribution in [-0.4, -0.2) is 33.9 Å². The fourth-order valence-corrected chi connectivity index (χ4v) is 1.04. The minimum atomic E-state index is -5.21. The fraction of sp³-hybridized carbons (Fsp3) is 0.375. The van der Waals surface area contributed by atoms with Crippen LogP contribution < -0.4 is 4.90 Å². The van der Waals surface area contributed by atoms with Crippen molar-refractivity contribution in [3.63, 3.8) is 0 Å². The molecule has 12 heteroatoms. The van der Waals surface area contributed by atoms with Crippen LogP contribution in [0.5, 0.6) is 0 Å². The molecular weight excluding hydrogens is 289 g/mol. The molecule has 0 unspecified atom stereocenters. The Bertz CT molecular complexity index is 577. The molecule has 1 aromatic rings. The Kier molecular flexibility index (Phi) is 4.27. The first kappa shape index (κ1) is 15.4. The summed E-state index contributed by atoms with van der Waals surface area (Å²) in [6.45, 7) is 2.31. The van der Waals surface area contributed by atoms with E-state index in [0.717, 1.165) is 6.92 Å². The van der Waals surface area contributed by atoms with Gasteiger partial charge in [0, 0.05) is 5.16 Å². The molecule has 0 aromatic carbocycles. The average Bonchev–Trinajstić information content (AvgIpc) is 2.75. The van der Waals surface area contributed by atoms with Crippen LogP contribution in [0.2, 0.25) is 0 Å². The van der Waals surface area contributed by atoms with Crippen molar-refractivity contribution in [3.05, 3.63) is 16.6 Å². The van der Waals surface area contributed by atoms with Gasteiger partial charge in [0.05, 0.1) is 0 Å². The Morgan fingerprint density at radius 2 is 2.05 bits per heavy atom. The van der Waals surface area contributed by atoms with Crippen LogP contribution in [0, 0.1) is 5.21 Å². The minimum Gasteiger partial charge on any atom is -0.411 e. The summed E-state index contributed by atoms with van der Waals surface area (Å²) in [6.07, 6.45) is -5.21. The standard InChI is InChI=1S/C8H7F3N4O5/c1-3(13-19-7(16)8(9,10)11)5-6(4(2)12-17)15(18)20-14-5/h17H,1-2H3/b12-4+,13-3+. The summed E-state index contributed by atoms with van der Waals surface area (Å²) in [4.78, 5) is 13.9. The number of rotatable bonds is 3. The molecule has 110 valence electrons. The van der Waals surface area contributed by atoms with Gasteiger partial charge in [0.2, 0.25) is 0 Å². The average molecular weight is 296 g/mol. The van der Waals surface area contributed by atoms with E-state index < -0.39 is 17.8 Å². The van der Waals surface area contributed by atoms with Gasteiger partial charge in [0.15, 0.2) is 0 Å². The highest BCUT2D eigenvalue weighted by atomic mass is 19.4. The first-order valence-electron chi connectivity index (χ1n) is 4.80. The van der Waals surface area contributed by atoms with Crippen molar-refractivity contribution in [2.24, 2.45) is 10.3 Å². The van der Waals surface area contributed by atoms with E-state index in [4.69, 9.17) is 5.21 Å². The van der Waals surface area contributed by atoms with Gasteiger partial charge in [-0.15, -0.1) is 0 Å². The molecule has 1 aromatic heterocycles. The zero-order chi connectivity index (χ0) is 15.5. The van der Waals surface area contributed by atoms with Gasteiger partial charge in [-0.3, -0.25) is 4.63 Å². The fourth-order valence-electron chi connectivity index (χ4n) is 1.04. The number of alkyl halides is 3. The molecule has 9 nitrogen and oxygen atoms in total. The summed E-state index contributed by atoms with van der Waals surface area (Å²) in [5, 5.41) is 28.6. The summed E-state index contributed by atoms with van der Waals surface area (Å²) in [7, 11) is 0. The summed E-state index contributed by atoms with van der Waals surface area (Å²) in [5.41, 5.74) is -1.33. The second-order valence-corrected chi connectivity index (χ2v) is 3.37. The Hall–Kier alpha value is -2.66. The lowest BCUT2D eigenvalue weighted by Crippen LogP contribution is -2.31. The molecule has 0 aliphatic rings. The topological polar surface area (TPSA) is 124 Å². The van der Waals surface area contributed by atoms with Crippen LogP contribution in [-0.2, 0) is 9.63 Å². The number of halogens is 3. The van der Waals surface area contributed by atoms with E-state index in [1.165, 1.54) is 6.92 Å². The molecule has 0 aliphatic heterocycles. The lowest BCUT2D eigenvalue weighted by molar-refractivity contribution is -0.803. The van der Waals surface area contributed by atoms with E-state index in [2.05, 4.69) is 24.9 Å². The monoisotopic (exact) mass is 296 g/mol. The second kappa shape index (κ2) is 5.54. The number of hydrogen-bond donors (Lipinski definition) is 1. The van der Waals surface area contributed by atoms with Gasteiger partial charge in [-0.25, -0.2) is 4.79 Å². The number of nitrogens with zero attached hydrogens (tertiary/aromatic N) is 4. The molecule has 0 saturated heterocycles. The molecule has 0 atom stereocenters. The van der Waals surface area contributed by atoms with Crippen molar-refractivity contribution in [1.82, 2.24) is 5.16 Å². The maximum absolute atomic E-state index is 11.9. The van der Waals surface area contributed by atoms with Crippen molar-refractivity contribution in [2.75, 3.05) is 0 Å². The van der Waals surface area contributed by atoms with E-state index >= 15 is 0 Å². The zero-order valence-corrected chi connectivity index (χ0v) is 10.0. The highest BCUT2D eigenvalue weighted by Crippen LogP contribution is 2.16. The van der Waals surface area contributed by atoms with E-state index in [1.807, 2.05) is 0 Å². The van der Waals surface area contributed by atoms with E-state index in [0.29, 0.717) is 0 Å². The van der Waals surface area contributed by atoms with Crippen molar-refractivity contribution < 1.29 is 37.5 Å². The van der Waals surface area contributed by atoms with Gasteiger partial charge >= 0.3 is 12.1 Å². The number of aromatic nitrogens is 2. The van der Waals surface area contributed by atoms with Crippen LogP contribution in [0.1, 0.15) is 25.2 Å². The third-order valence-corrected chi connectivity index (χ3v) is 1.95. The van der Waals surface area contributed by atoms with Crippen LogP contribution in [0.25, 0.3) is 0 Å². The van der Waals surface area contributed by atoms with Crippen LogP contribution >= 0.6 is 0 Å². The number of hydrogen-bond acceptors (Lipinski definition) is 8. The molecule has 20 heavy (non-hydrogen) atoms. The quantitative estimate of drug-likeness (QED) is 0.282. The lowest BCUT2D eigenvalue weighted by Gasteiger charge is -2.01. The van der Waals surface area contributed by atoms with Crippen molar-refractivity contribution in [3.8, 4) is 0 Å². The normalized spacial score (nSPS) is 13.4. The number of carbonyl (C=O) groups excluding carboxylic acids is 1. The van der Waals surface area contributed by atoms with Gasteiger partial charge in [0.25, 0.3) is 11.4 Å². The van der Waals surface area contributed by atoms with Crippen molar-refractivity contribution in [1.29, 1.82) is 0 Å². The molecular formula is C8H7F3N4O5. The van der Waals surface area contributed by atoms with E-state index in [1.54, 1.807) is 0 Å². The maximum Gasteiger partial charge on any atom is 0.493 e. The SMILES string of the molecule is C/C(=N\OC(=O)C(F)(F)F)c1no[n+]([O-])c1/C(C)=N/O. The zero-order valence-electron chi connectivity index (χ0n) is 10.0. The molecule has 0 fully saturated rings. The summed E-state index contributed by atoms with van der Waals surface area (Å²) < 4.78 is 39.8. The molecule has 0 amide bonds. The summed E-state index contributed by atoms with van der Waals surface area (Å²) in [5.74, 6) is -2.54. The van der Waals surface area contributed by atoms with Gasteiger partial charge in [0.1, 0.15) is 11.4 Å². The lowest BCUT2D eigenvalue weighted by atomic mass is 10.2. The minimum absolute atomic E-state index is 0.144. The molecule has 1 N–H and O–H groups in total. The smallest absolute Gasteiger partial charge is 0.411 e. The Morgan fingerprint density at radius 1 is 1.45 bits per heavy atom. The number of oxime groups is 2. The van der Waals surface area contributed by atoms with E-state index in [9.17, 15) is 23.2 Å². The molecule has 0 aliphatic carbocycles. The van der Waals surface area contributed by atoms with Gasteiger partial charge in [-0.05, 0) is 18.8 Å². The van der Waals surface area contributed by atoms with Crippen LogP contribution in [0.4, 0.5) is 13.2 Å². The predicted octanol–water partition coefficient (Wildman–Crippen LogP) is 0.336. The molecule has 1 heterocycles. The van der Waals surface area contributed by atoms with Gasteiger partial charge < -0.3 is 15.3 Å². The van der Waals surface area contributed by atoms with Crippen molar-refractivity contribution in [2.45, 2.75) is 20.0 Å². The molecule has 0 radical (unpaired) electrons. The third kappa shape index (κ3) is 3.21. The predicted molar refractivity (Wildman–Crippen MR) is 53.8 cm³/mol. The van der Waals surface area contributed by atoms with Gasteiger partial charge in [-0.2, -0.15) is 13.2 Å². The first-order valence-corrected chi connectivity index (χ1v) is 4.80. The molecule has 0 saturated carbocycles. The van der Waals surface area contributed by atoms with Crippen LogP contribution in [0.3, 0.4) is 0 Å². The Balaban J connectivity index is 3.05. The Labute approximate surface area is 108 Å². The molecule has 0 bridgehead atoms. The first-order chi connectivity index (χ1) is 9.18. The number of carbonyl (C=O) groups is 1. The van der Waals surface area contributed by atoms with Crippen molar-refractivity contribution >= 4 is 17.4 Å².